The van der Waals surface area contributed by atoms with E-state index in [-0.39, 0.29) is 42.2 Å². The Morgan fingerprint density at radius 1 is 1.20 bits per heavy atom. The van der Waals surface area contributed by atoms with E-state index in [0.717, 1.165) is 0 Å². The Kier molecular flexibility index (Phi) is 5.08. The summed E-state index contributed by atoms with van der Waals surface area (Å²) in [7, 11) is 0. The van der Waals surface area contributed by atoms with Gasteiger partial charge in [0.25, 0.3) is 5.91 Å². The lowest BCUT2D eigenvalue weighted by Crippen LogP contribution is -2.77. The summed E-state index contributed by atoms with van der Waals surface area (Å²) < 4.78 is 57.7. The average Bonchev–Trinajstić information content (AvgIpc) is 3.15. The fourth-order valence-electron chi connectivity index (χ4n) is 5.70. The van der Waals surface area contributed by atoms with E-state index in [9.17, 15) is 23.1 Å². The van der Waals surface area contributed by atoms with Crippen molar-refractivity contribution in [2.75, 3.05) is 0 Å². The number of hydrogen-bond donors (Lipinski definition) is 2. The molecule has 2 heterocycles. The minimum atomic E-state index is -4.65. The molecule has 188 valence electrons. The summed E-state index contributed by atoms with van der Waals surface area (Å²) >= 11 is 5.98. The van der Waals surface area contributed by atoms with E-state index in [1.165, 1.54) is 0 Å². The van der Waals surface area contributed by atoms with Gasteiger partial charge >= 0.3 is 12.4 Å². The van der Waals surface area contributed by atoms with Crippen molar-refractivity contribution in [3.05, 3.63) is 40.7 Å². The smallest absolute Gasteiger partial charge is 0.480 e. The van der Waals surface area contributed by atoms with Gasteiger partial charge in [-0.15, -0.1) is 13.2 Å². The number of aromatic nitrogens is 1. The molecule has 0 unspecified atom stereocenters. The van der Waals surface area contributed by atoms with Gasteiger partial charge in [-0.3, -0.25) is 9.53 Å². The maximum Gasteiger partial charge on any atom is 0.522 e. The normalized spacial score (nSPS) is 35.0. The van der Waals surface area contributed by atoms with Crippen molar-refractivity contribution in [2.45, 2.75) is 80.3 Å². The molecule has 2 aromatic rings. The molecule has 4 saturated carbocycles. The van der Waals surface area contributed by atoms with Crippen molar-refractivity contribution in [3.63, 3.8) is 0 Å². The molecule has 2 N–H and O–H groups in total. The van der Waals surface area contributed by atoms with Gasteiger partial charge in [0.2, 0.25) is 0 Å². The number of aliphatic hydroxyl groups is 1. The Hall–Kier alpha value is -2.50. The van der Waals surface area contributed by atoms with Gasteiger partial charge in [0, 0.05) is 40.8 Å². The van der Waals surface area contributed by atoms with Crippen molar-refractivity contribution in [3.8, 4) is 11.8 Å². The lowest BCUT2D eigenvalue weighted by atomic mass is 9.38. The van der Waals surface area contributed by atoms with Crippen LogP contribution in [-0.2, 0) is 14.9 Å². The standard InChI is InChI=1S/C23H22ClF3N2O6/c24-11-1-2-16-14(3-11)15(30)6-17(33-16)19(31)29-22-8-21(9-22,10-22)18-7-28-20(34-18)32-12-4-13(5-12)35-23(25,26)27/h1-3,7,12-13,15,17,30H,4-6,8-10H2,(H,29,31)/t12-,13+,15-,17+,21?,22?/m1/s1. The number of hydrogen-bond acceptors (Lipinski definition) is 7. The molecule has 35 heavy (non-hydrogen) atoms. The molecule has 1 amide bonds. The molecule has 8 nitrogen and oxygen atoms in total. The maximum atomic E-state index is 12.9. The van der Waals surface area contributed by atoms with Gasteiger partial charge in [-0.1, -0.05) is 11.6 Å². The van der Waals surface area contributed by atoms with Crippen LogP contribution in [0.5, 0.6) is 11.8 Å². The number of carbonyl (C=O) groups excluding carboxylic acids is 1. The molecule has 5 aliphatic rings. The molecule has 12 heteroatoms. The monoisotopic (exact) mass is 514 g/mol. The summed E-state index contributed by atoms with van der Waals surface area (Å²) in [5.74, 6) is 0.806. The van der Waals surface area contributed by atoms with Crippen molar-refractivity contribution in [1.29, 1.82) is 0 Å². The number of alkyl halides is 3. The highest BCUT2D eigenvalue weighted by atomic mass is 35.5. The summed E-state index contributed by atoms with van der Waals surface area (Å²) in [4.78, 5) is 17.0. The zero-order chi connectivity index (χ0) is 24.6. The Bertz CT molecular complexity index is 1140. The fraction of sp³-hybridized carbons (Fsp3) is 0.565. The van der Waals surface area contributed by atoms with Crippen LogP contribution < -0.4 is 14.8 Å². The number of fused-ring (bicyclic) bond motifs is 1. The van der Waals surface area contributed by atoms with E-state index in [4.69, 9.17) is 25.5 Å². The van der Waals surface area contributed by atoms with Crippen LogP contribution >= 0.6 is 11.6 Å². The number of aliphatic hydroxyl groups excluding tert-OH is 1. The van der Waals surface area contributed by atoms with E-state index in [1.54, 1.807) is 24.4 Å². The van der Waals surface area contributed by atoms with Gasteiger partial charge in [-0.25, -0.2) is 0 Å². The Labute approximate surface area is 202 Å². The lowest BCUT2D eigenvalue weighted by Gasteiger charge is -2.69. The molecule has 1 aromatic heterocycles. The summed E-state index contributed by atoms with van der Waals surface area (Å²) in [6.07, 6.45) is -3.63. The van der Waals surface area contributed by atoms with Gasteiger partial charge < -0.3 is 24.3 Å². The first-order chi connectivity index (χ1) is 16.5. The van der Waals surface area contributed by atoms with Gasteiger partial charge in [-0.2, -0.15) is 4.98 Å². The fourth-order valence-corrected chi connectivity index (χ4v) is 5.88. The second-order valence-electron chi connectivity index (χ2n) is 10.0. The Balaban J connectivity index is 1.00. The van der Waals surface area contributed by atoms with E-state index in [0.29, 0.717) is 41.4 Å². The lowest BCUT2D eigenvalue weighted by molar-refractivity contribution is -0.355. The van der Waals surface area contributed by atoms with Crippen LogP contribution in [0.4, 0.5) is 13.2 Å². The SMILES string of the molecule is O=C(NC12CC(c3cnc(O[C@H]4C[C@@H](OC(F)(F)F)C4)o3)(C1)C2)[C@@H]1C[C@@H](O)c2cc(Cl)ccc2O1. The summed E-state index contributed by atoms with van der Waals surface area (Å²) in [5, 5.41) is 14.0. The number of nitrogens with one attached hydrogen (secondary N) is 1. The predicted octanol–water partition coefficient (Wildman–Crippen LogP) is 3.95. The zero-order valence-electron chi connectivity index (χ0n) is 18.3. The molecule has 1 aliphatic heterocycles. The van der Waals surface area contributed by atoms with E-state index in [2.05, 4.69) is 15.0 Å². The van der Waals surface area contributed by atoms with E-state index >= 15 is 0 Å². The zero-order valence-corrected chi connectivity index (χ0v) is 19.1. The molecule has 2 atom stereocenters. The second-order valence-corrected chi connectivity index (χ2v) is 10.4. The largest absolute Gasteiger partial charge is 0.522 e. The number of halogens is 4. The van der Waals surface area contributed by atoms with Crippen LogP contribution in [-0.4, -0.2) is 46.2 Å². The third-order valence-corrected chi connectivity index (χ3v) is 7.61. The third kappa shape index (κ3) is 4.13. The van der Waals surface area contributed by atoms with Crippen LogP contribution in [0, 0.1) is 0 Å². The third-order valence-electron chi connectivity index (χ3n) is 7.38. The first kappa shape index (κ1) is 22.9. The summed E-state index contributed by atoms with van der Waals surface area (Å²) in [6, 6.07) is 4.93. The van der Waals surface area contributed by atoms with Gasteiger partial charge in [0.1, 0.15) is 17.6 Å². The Morgan fingerprint density at radius 3 is 2.66 bits per heavy atom. The number of ether oxygens (including phenoxy) is 3. The molecule has 7 rings (SSSR count). The summed E-state index contributed by atoms with van der Waals surface area (Å²) in [6.45, 7) is 0. The topological polar surface area (TPSA) is 103 Å². The maximum absolute atomic E-state index is 12.9. The van der Waals surface area contributed by atoms with Crippen molar-refractivity contribution >= 4 is 17.5 Å². The first-order valence-electron chi connectivity index (χ1n) is 11.4. The minimum absolute atomic E-state index is 0.0293. The molecule has 0 saturated heterocycles. The first-order valence-corrected chi connectivity index (χ1v) is 11.7. The van der Waals surface area contributed by atoms with Gasteiger partial charge in [0.15, 0.2) is 6.10 Å². The number of carbonyl (C=O) groups is 1. The number of benzene rings is 1. The molecule has 0 spiro atoms. The van der Waals surface area contributed by atoms with E-state index < -0.39 is 30.8 Å². The number of nitrogens with zero attached hydrogens (tertiary/aromatic N) is 1. The van der Waals surface area contributed by atoms with Crippen LogP contribution in [0.3, 0.4) is 0 Å². The Morgan fingerprint density at radius 2 is 1.94 bits per heavy atom. The minimum Gasteiger partial charge on any atom is -0.480 e. The molecule has 0 radical (unpaired) electrons. The molecular formula is C23H22ClF3N2O6. The highest BCUT2D eigenvalue weighted by Gasteiger charge is 2.71. The van der Waals surface area contributed by atoms with Crippen molar-refractivity contribution in [2.24, 2.45) is 0 Å². The number of rotatable bonds is 6. The van der Waals surface area contributed by atoms with Crippen LogP contribution in [0.15, 0.2) is 28.8 Å². The highest BCUT2D eigenvalue weighted by molar-refractivity contribution is 6.30. The van der Waals surface area contributed by atoms with Crippen molar-refractivity contribution < 1.29 is 41.7 Å². The second kappa shape index (κ2) is 7.75. The summed E-state index contributed by atoms with van der Waals surface area (Å²) in [5.41, 5.74) is -0.0188. The van der Waals surface area contributed by atoms with Gasteiger partial charge in [-0.05, 0) is 37.5 Å². The van der Waals surface area contributed by atoms with Gasteiger partial charge in [0.05, 0.1) is 18.4 Å². The highest BCUT2D eigenvalue weighted by Crippen LogP contribution is 2.68. The molecular weight excluding hydrogens is 493 g/mol. The van der Waals surface area contributed by atoms with Crippen LogP contribution in [0.1, 0.15) is 56.0 Å². The molecule has 4 aliphatic carbocycles. The van der Waals surface area contributed by atoms with Crippen LogP contribution in [0.2, 0.25) is 5.02 Å². The van der Waals surface area contributed by atoms with Crippen LogP contribution in [0.25, 0.3) is 0 Å². The number of amides is 1. The quantitative estimate of drug-likeness (QED) is 0.601. The number of oxazole rings is 1. The molecule has 4 fully saturated rings. The average molecular weight is 515 g/mol. The van der Waals surface area contributed by atoms with E-state index in [1.807, 2.05) is 0 Å². The molecule has 2 bridgehead atoms. The predicted molar refractivity (Wildman–Crippen MR) is 113 cm³/mol. The van der Waals surface area contributed by atoms with Crippen molar-refractivity contribution in [1.82, 2.24) is 10.3 Å². The molecule has 1 aromatic carbocycles.